The maximum absolute atomic E-state index is 13.4. The number of esters is 4. The zero-order valence-corrected chi connectivity index (χ0v) is 27.7. The quantitative estimate of drug-likeness (QED) is 0.241. The van der Waals surface area contributed by atoms with Gasteiger partial charge in [-0.3, -0.25) is 19.2 Å². The van der Waals surface area contributed by atoms with Crippen molar-refractivity contribution in [1.29, 1.82) is 0 Å². The maximum Gasteiger partial charge on any atom is 0.338 e. The number of aliphatic hydroxyl groups excluding tert-OH is 1. The predicted octanol–water partition coefficient (Wildman–Crippen LogP) is 1.58. The predicted molar refractivity (Wildman–Crippen MR) is 166 cm³/mol. The molecule has 2 aromatic rings. The van der Waals surface area contributed by atoms with E-state index in [4.69, 9.17) is 37.9 Å². The fraction of sp³-hybridized carbons (Fsp3) is 0.500. The number of rotatable bonds is 12. The summed E-state index contributed by atoms with van der Waals surface area (Å²) in [7, 11) is 0. The van der Waals surface area contributed by atoms with Crippen molar-refractivity contribution in [2.45, 2.75) is 103 Å². The molecule has 2 aromatic carbocycles. The van der Waals surface area contributed by atoms with Gasteiger partial charge in [0, 0.05) is 27.7 Å². The lowest BCUT2D eigenvalue weighted by atomic mass is 9.95. The van der Waals surface area contributed by atoms with Crippen LogP contribution < -0.4 is 5.32 Å². The van der Waals surface area contributed by atoms with Gasteiger partial charge in [0.25, 0.3) is 0 Å². The Kier molecular flexibility index (Phi) is 13.2. The summed E-state index contributed by atoms with van der Waals surface area (Å²) < 4.78 is 46.7. The number of amides is 1. The highest BCUT2D eigenvalue weighted by molar-refractivity contribution is 5.89. The Morgan fingerprint density at radius 1 is 0.714 bits per heavy atom. The van der Waals surface area contributed by atoms with Crippen molar-refractivity contribution >= 4 is 29.8 Å². The first-order chi connectivity index (χ1) is 23.3. The Morgan fingerprint density at radius 3 is 1.88 bits per heavy atom. The van der Waals surface area contributed by atoms with E-state index in [-0.39, 0.29) is 18.8 Å². The van der Waals surface area contributed by atoms with E-state index in [0.29, 0.717) is 0 Å². The summed E-state index contributed by atoms with van der Waals surface area (Å²) in [4.78, 5) is 62.3. The molecule has 0 spiro atoms. The normalized spacial score (nSPS) is 29.6. The number of ether oxygens (including phenoxy) is 8. The van der Waals surface area contributed by atoms with E-state index in [9.17, 15) is 29.1 Å². The van der Waals surface area contributed by atoms with Crippen molar-refractivity contribution in [1.82, 2.24) is 5.32 Å². The molecule has 0 bridgehead atoms. The summed E-state index contributed by atoms with van der Waals surface area (Å²) in [5, 5.41) is 13.7. The van der Waals surface area contributed by atoms with E-state index in [2.05, 4.69) is 5.32 Å². The lowest BCUT2D eigenvalue weighted by Crippen LogP contribution is -2.68. The molecule has 1 amide bonds. The monoisotopic (exact) mass is 687 g/mol. The molecule has 2 N–H and O–H groups in total. The Labute approximate surface area is 283 Å². The molecule has 0 aliphatic carbocycles. The topological polar surface area (TPSA) is 191 Å². The van der Waals surface area contributed by atoms with Crippen LogP contribution in [0.5, 0.6) is 0 Å². The Morgan fingerprint density at radius 2 is 1.29 bits per heavy atom. The van der Waals surface area contributed by atoms with Crippen LogP contribution in [0.3, 0.4) is 0 Å². The largest absolute Gasteiger partial charge is 0.456 e. The average molecular weight is 688 g/mol. The first kappa shape index (κ1) is 37.4. The number of nitrogens with one attached hydrogen (secondary N) is 1. The second kappa shape index (κ2) is 17.3. The van der Waals surface area contributed by atoms with E-state index < -0.39 is 91.1 Å². The molecule has 2 fully saturated rings. The van der Waals surface area contributed by atoms with Crippen LogP contribution in [0.25, 0.3) is 0 Å². The molecule has 15 nitrogen and oxygen atoms in total. The third kappa shape index (κ3) is 10.3. The van der Waals surface area contributed by atoms with Crippen LogP contribution in [-0.4, -0.2) is 103 Å². The molecule has 2 aliphatic heterocycles. The van der Waals surface area contributed by atoms with E-state index in [1.807, 2.05) is 30.3 Å². The summed E-state index contributed by atoms with van der Waals surface area (Å²) in [5.74, 6) is -3.68. The first-order valence-corrected chi connectivity index (χ1v) is 15.6. The molecule has 2 aliphatic rings. The molecule has 0 saturated carbocycles. The molecule has 15 heteroatoms. The maximum atomic E-state index is 13.4. The number of hydrogen-bond donors (Lipinski definition) is 2. The second-order valence-corrected chi connectivity index (χ2v) is 11.6. The van der Waals surface area contributed by atoms with Gasteiger partial charge in [-0.05, 0) is 24.6 Å². The zero-order valence-electron chi connectivity index (χ0n) is 27.7. The van der Waals surface area contributed by atoms with Crippen LogP contribution in [0.4, 0.5) is 0 Å². The summed E-state index contributed by atoms with van der Waals surface area (Å²) >= 11 is 0. The van der Waals surface area contributed by atoms with Crippen LogP contribution in [0.2, 0.25) is 0 Å². The number of carbonyl (C=O) groups is 5. The molecule has 2 saturated heterocycles. The van der Waals surface area contributed by atoms with Crippen molar-refractivity contribution in [3.63, 3.8) is 0 Å². The van der Waals surface area contributed by atoms with Gasteiger partial charge in [-0.15, -0.1) is 0 Å². The molecule has 10 atom stereocenters. The Hall–Kier alpha value is -4.41. The van der Waals surface area contributed by atoms with Crippen LogP contribution in [0.1, 0.15) is 50.5 Å². The van der Waals surface area contributed by atoms with Crippen molar-refractivity contribution in [2.75, 3.05) is 6.61 Å². The van der Waals surface area contributed by atoms with Gasteiger partial charge in [-0.2, -0.15) is 0 Å². The van der Waals surface area contributed by atoms with Crippen molar-refractivity contribution in [3.05, 3.63) is 71.8 Å². The number of hydrogen-bond acceptors (Lipinski definition) is 14. The van der Waals surface area contributed by atoms with Gasteiger partial charge < -0.3 is 48.3 Å². The van der Waals surface area contributed by atoms with Crippen LogP contribution >= 0.6 is 0 Å². The minimum atomic E-state index is -1.69. The van der Waals surface area contributed by atoms with E-state index in [1.54, 1.807) is 18.2 Å². The third-order valence-corrected chi connectivity index (χ3v) is 7.61. The highest BCUT2D eigenvalue weighted by atomic mass is 16.7. The van der Waals surface area contributed by atoms with Gasteiger partial charge in [0.1, 0.15) is 18.2 Å². The lowest BCUT2D eigenvalue weighted by molar-refractivity contribution is -0.343. The molecule has 0 unspecified atom stereocenters. The van der Waals surface area contributed by atoms with E-state index >= 15 is 0 Å². The number of benzene rings is 2. The molecule has 266 valence electrons. The first-order valence-electron chi connectivity index (χ1n) is 15.6. The highest BCUT2D eigenvalue weighted by Crippen LogP contribution is 2.34. The van der Waals surface area contributed by atoms with Gasteiger partial charge in [-0.1, -0.05) is 48.5 Å². The highest BCUT2D eigenvalue weighted by Gasteiger charge is 2.55. The summed E-state index contributed by atoms with van der Waals surface area (Å²) in [6.07, 6.45) is -12.3. The fourth-order valence-electron chi connectivity index (χ4n) is 5.61. The van der Waals surface area contributed by atoms with Gasteiger partial charge >= 0.3 is 23.9 Å². The molecule has 49 heavy (non-hydrogen) atoms. The molecule has 4 rings (SSSR count). The van der Waals surface area contributed by atoms with Crippen LogP contribution in [-0.2, 0) is 63.7 Å². The Balaban J connectivity index is 1.74. The molecule has 2 heterocycles. The smallest absolute Gasteiger partial charge is 0.338 e. The summed E-state index contributed by atoms with van der Waals surface area (Å²) in [6, 6.07) is 15.9. The minimum Gasteiger partial charge on any atom is -0.456 e. The Bertz CT molecular complexity index is 1440. The van der Waals surface area contributed by atoms with Crippen molar-refractivity contribution < 1.29 is 67.0 Å². The number of aliphatic hydroxyl groups is 1. The molecular weight excluding hydrogens is 646 g/mol. The van der Waals surface area contributed by atoms with Gasteiger partial charge in [0.15, 0.2) is 37.0 Å². The molecule has 0 radical (unpaired) electrons. The van der Waals surface area contributed by atoms with Crippen molar-refractivity contribution in [3.8, 4) is 0 Å². The minimum absolute atomic E-state index is 0.138. The van der Waals surface area contributed by atoms with E-state index in [0.717, 1.165) is 26.3 Å². The molecular formula is C34H41NO14. The van der Waals surface area contributed by atoms with Crippen molar-refractivity contribution in [2.24, 2.45) is 0 Å². The van der Waals surface area contributed by atoms with Crippen LogP contribution in [0.15, 0.2) is 60.7 Å². The SMILES string of the molecule is CC(=O)N[C@@H]1[C@@H](OC(=O)c2ccccc2)[C@H](O[C@@H]2O[C@@H](C)[C@H](OC(C)=O)[C@@H](OC(C)=O)[C@H]2OC(C)=O)[C@@H](COCc2ccccc2)O[C@H]1O. The molecule has 0 aromatic heterocycles. The van der Waals surface area contributed by atoms with Crippen LogP contribution in [0, 0.1) is 0 Å². The third-order valence-electron chi connectivity index (χ3n) is 7.61. The lowest BCUT2D eigenvalue weighted by Gasteiger charge is -2.48. The summed E-state index contributed by atoms with van der Waals surface area (Å²) in [6.45, 7) is 6.04. The van der Waals surface area contributed by atoms with E-state index in [1.165, 1.54) is 26.0 Å². The van der Waals surface area contributed by atoms with Gasteiger partial charge in [-0.25, -0.2) is 4.79 Å². The fourth-order valence-corrected chi connectivity index (χ4v) is 5.61. The van der Waals surface area contributed by atoms with Gasteiger partial charge in [0.2, 0.25) is 5.91 Å². The second-order valence-electron chi connectivity index (χ2n) is 11.6. The zero-order chi connectivity index (χ0) is 35.7. The number of carbonyl (C=O) groups excluding carboxylic acids is 5. The standard InChI is InChI=1S/C34H41NO14/c1-18-27(44-20(3)37)30(45-21(4)38)31(46-22(5)39)34(43-18)49-28-25(17-42-16-23-12-8-6-9-13-23)47-33(41)26(35-19(2)36)29(28)48-32(40)24-14-10-7-11-15-24/h6-15,18,25-31,33-34,41H,16-17H2,1-5H3,(H,35,36)/t18-,25+,26+,27-,28+,29+,30+,31+,33+,34-/m0/s1. The summed E-state index contributed by atoms with van der Waals surface area (Å²) in [5.41, 5.74) is 1.000. The van der Waals surface area contributed by atoms with Gasteiger partial charge in [0.05, 0.1) is 24.9 Å². The average Bonchev–Trinajstić information content (AvgIpc) is 3.04.